The molecular weight excluding hydrogens is 284 g/mol. The number of methoxy groups -OCH3 is 1. The molecule has 1 rings (SSSR count). The van der Waals surface area contributed by atoms with E-state index in [1.165, 1.54) is 29.7 Å². The molecule has 1 aromatic carbocycles. The van der Waals surface area contributed by atoms with Gasteiger partial charge >= 0.3 is 0 Å². The fourth-order valence-corrected chi connectivity index (χ4v) is 1.47. The number of hydrogen-bond acceptors (Lipinski definition) is 1. The van der Waals surface area contributed by atoms with E-state index in [2.05, 4.69) is 4.74 Å². The normalized spacial score (nSPS) is 10.1. The average molecular weight is 288 g/mol. The lowest BCUT2D eigenvalue weighted by atomic mass is 10.3. The molecule has 0 saturated heterocycles. The standard InChI is InChI=1S/C7H4F3IO/c1-12-7-4(9)2-3(8)5(10)6(7)11/h2H,1H3. The van der Waals surface area contributed by atoms with Gasteiger partial charge in [0, 0.05) is 6.07 Å². The van der Waals surface area contributed by atoms with Crippen molar-refractivity contribution >= 4 is 22.6 Å². The molecule has 0 unspecified atom stereocenters. The van der Waals surface area contributed by atoms with Gasteiger partial charge in [-0.1, -0.05) is 0 Å². The monoisotopic (exact) mass is 288 g/mol. The predicted molar refractivity (Wildman–Crippen MR) is 45.6 cm³/mol. The van der Waals surface area contributed by atoms with E-state index in [4.69, 9.17) is 0 Å². The summed E-state index contributed by atoms with van der Waals surface area (Å²) in [5.41, 5.74) is 0. The summed E-state index contributed by atoms with van der Waals surface area (Å²) in [6.45, 7) is 0. The molecule has 0 heterocycles. The second-order valence-electron chi connectivity index (χ2n) is 2.00. The van der Waals surface area contributed by atoms with Crippen LogP contribution in [-0.2, 0) is 0 Å². The summed E-state index contributed by atoms with van der Waals surface area (Å²) >= 11 is 1.48. The van der Waals surface area contributed by atoms with Gasteiger partial charge in [0.1, 0.15) is 0 Å². The van der Waals surface area contributed by atoms with Gasteiger partial charge in [-0.3, -0.25) is 0 Å². The molecule has 0 fully saturated rings. The fraction of sp³-hybridized carbons (Fsp3) is 0.143. The molecule has 0 radical (unpaired) electrons. The Morgan fingerprint density at radius 1 is 1.25 bits per heavy atom. The molecule has 1 aromatic rings. The number of ether oxygens (including phenoxy) is 1. The van der Waals surface area contributed by atoms with Crippen LogP contribution in [0.15, 0.2) is 6.07 Å². The van der Waals surface area contributed by atoms with Gasteiger partial charge in [0.15, 0.2) is 23.2 Å². The molecule has 5 heteroatoms. The van der Waals surface area contributed by atoms with Crippen LogP contribution >= 0.6 is 22.6 Å². The van der Waals surface area contributed by atoms with Crippen LogP contribution in [0.25, 0.3) is 0 Å². The smallest absolute Gasteiger partial charge is 0.176 e. The second kappa shape index (κ2) is 3.51. The first-order valence-electron chi connectivity index (χ1n) is 2.95. The summed E-state index contributed by atoms with van der Waals surface area (Å²) in [6, 6.07) is 0.455. The van der Waals surface area contributed by atoms with Crippen LogP contribution in [0.4, 0.5) is 13.2 Å². The van der Waals surface area contributed by atoms with Gasteiger partial charge in [0.05, 0.1) is 10.7 Å². The third-order valence-electron chi connectivity index (χ3n) is 1.28. The van der Waals surface area contributed by atoms with Crippen LogP contribution in [-0.4, -0.2) is 7.11 Å². The van der Waals surface area contributed by atoms with Crippen molar-refractivity contribution in [2.75, 3.05) is 7.11 Å². The highest BCUT2D eigenvalue weighted by Gasteiger charge is 2.16. The zero-order chi connectivity index (χ0) is 9.30. The maximum absolute atomic E-state index is 12.8. The van der Waals surface area contributed by atoms with Crippen LogP contribution in [0.1, 0.15) is 0 Å². The zero-order valence-corrected chi connectivity index (χ0v) is 8.15. The van der Waals surface area contributed by atoms with Gasteiger partial charge in [0.2, 0.25) is 0 Å². The minimum Gasteiger partial charge on any atom is -0.492 e. The van der Waals surface area contributed by atoms with Crippen LogP contribution in [0.3, 0.4) is 0 Å². The average Bonchev–Trinajstić information content (AvgIpc) is 2.01. The molecular formula is C7H4F3IO. The van der Waals surface area contributed by atoms with Crippen molar-refractivity contribution in [3.05, 3.63) is 27.1 Å². The minimum atomic E-state index is -1.21. The highest BCUT2D eigenvalue weighted by atomic mass is 127. The largest absolute Gasteiger partial charge is 0.492 e. The summed E-state index contributed by atoms with van der Waals surface area (Å²) in [4.78, 5) is 0. The third-order valence-corrected chi connectivity index (χ3v) is 2.24. The number of halogens is 4. The number of hydrogen-bond donors (Lipinski definition) is 0. The molecule has 0 bridgehead atoms. The second-order valence-corrected chi connectivity index (χ2v) is 3.08. The molecule has 0 spiro atoms. The Labute approximate surface area is 80.7 Å². The van der Waals surface area contributed by atoms with E-state index in [-0.39, 0.29) is 9.32 Å². The van der Waals surface area contributed by atoms with E-state index >= 15 is 0 Å². The van der Waals surface area contributed by atoms with Gasteiger partial charge in [-0.05, 0) is 22.6 Å². The zero-order valence-electron chi connectivity index (χ0n) is 6.00. The lowest BCUT2D eigenvalue weighted by Gasteiger charge is -2.05. The van der Waals surface area contributed by atoms with Crippen LogP contribution in [0.2, 0.25) is 0 Å². The van der Waals surface area contributed by atoms with Gasteiger partial charge in [-0.15, -0.1) is 0 Å². The van der Waals surface area contributed by atoms with Crippen molar-refractivity contribution in [1.29, 1.82) is 0 Å². The van der Waals surface area contributed by atoms with Gasteiger partial charge in [-0.2, -0.15) is 0 Å². The maximum Gasteiger partial charge on any atom is 0.176 e. The van der Waals surface area contributed by atoms with E-state index in [0.29, 0.717) is 6.07 Å². The minimum absolute atomic E-state index is 0.187. The van der Waals surface area contributed by atoms with Crippen LogP contribution in [0, 0.1) is 21.0 Å². The molecule has 12 heavy (non-hydrogen) atoms. The quantitative estimate of drug-likeness (QED) is 0.438. The summed E-state index contributed by atoms with van der Waals surface area (Å²) in [5, 5.41) is 0. The van der Waals surface area contributed by atoms with Crippen molar-refractivity contribution in [2.24, 2.45) is 0 Å². The highest BCUT2D eigenvalue weighted by molar-refractivity contribution is 14.1. The Balaban J connectivity index is 3.40. The van der Waals surface area contributed by atoms with Gasteiger partial charge in [0.25, 0.3) is 0 Å². The molecule has 0 aromatic heterocycles. The molecule has 0 aliphatic carbocycles. The molecule has 1 nitrogen and oxygen atoms in total. The molecule has 0 aliphatic rings. The summed E-state index contributed by atoms with van der Waals surface area (Å²) in [6.07, 6.45) is 0. The first-order valence-corrected chi connectivity index (χ1v) is 4.02. The lowest BCUT2D eigenvalue weighted by molar-refractivity contribution is 0.371. The Morgan fingerprint density at radius 3 is 2.33 bits per heavy atom. The van der Waals surface area contributed by atoms with Crippen molar-refractivity contribution in [1.82, 2.24) is 0 Å². The first kappa shape index (κ1) is 9.63. The third kappa shape index (κ3) is 1.50. The Bertz CT molecular complexity index is 314. The molecule has 66 valence electrons. The topological polar surface area (TPSA) is 9.23 Å². The molecule has 0 atom stereocenters. The van der Waals surface area contributed by atoms with E-state index < -0.39 is 17.5 Å². The Hall–Kier alpha value is -0.460. The molecule has 0 amide bonds. The maximum atomic E-state index is 12.8. The predicted octanol–water partition coefficient (Wildman–Crippen LogP) is 2.72. The summed E-state index contributed by atoms with van der Waals surface area (Å²) in [7, 11) is 1.19. The van der Waals surface area contributed by atoms with Crippen molar-refractivity contribution in [3.8, 4) is 5.75 Å². The molecule has 0 saturated carbocycles. The van der Waals surface area contributed by atoms with Crippen LogP contribution < -0.4 is 4.74 Å². The number of rotatable bonds is 1. The van der Waals surface area contributed by atoms with E-state index in [9.17, 15) is 13.2 Å². The van der Waals surface area contributed by atoms with Crippen molar-refractivity contribution in [3.63, 3.8) is 0 Å². The fourth-order valence-electron chi connectivity index (χ4n) is 0.737. The first-order chi connectivity index (χ1) is 5.57. The SMILES string of the molecule is COc1c(F)cc(F)c(F)c1I. The Kier molecular flexibility index (Phi) is 2.81. The molecule has 0 aliphatic heterocycles. The molecule has 0 N–H and O–H groups in total. The van der Waals surface area contributed by atoms with Gasteiger partial charge < -0.3 is 4.74 Å². The van der Waals surface area contributed by atoms with E-state index in [1.807, 2.05) is 0 Å². The summed E-state index contributed by atoms with van der Waals surface area (Å²) in [5.74, 6) is -3.47. The number of benzene rings is 1. The van der Waals surface area contributed by atoms with E-state index in [0.717, 1.165) is 0 Å². The van der Waals surface area contributed by atoms with Gasteiger partial charge in [-0.25, -0.2) is 13.2 Å². The summed E-state index contributed by atoms with van der Waals surface area (Å²) < 4.78 is 42.3. The highest BCUT2D eigenvalue weighted by Crippen LogP contribution is 2.28. The van der Waals surface area contributed by atoms with E-state index in [1.54, 1.807) is 0 Å². The van der Waals surface area contributed by atoms with Crippen LogP contribution in [0.5, 0.6) is 5.75 Å². The lowest BCUT2D eigenvalue weighted by Crippen LogP contribution is -1.97. The van der Waals surface area contributed by atoms with Crippen molar-refractivity contribution in [2.45, 2.75) is 0 Å². The van der Waals surface area contributed by atoms with Crippen molar-refractivity contribution < 1.29 is 17.9 Å². The Morgan fingerprint density at radius 2 is 1.83 bits per heavy atom.